The molecule has 0 N–H and O–H groups in total. The van der Waals surface area contributed by atoms with Gasteiger partial charge in [-0.3, -0.25) is 10.1 Å². The van der Waals surface area contributed by atoms with Crippen molar-refractivity contribution >= 4 is 17.5 Å². The molecule has 2 aromatic heterocycles. The highest BCUT2D eigenvalue weighted by molar-refractivity contribution is 5.71. The number of benzene rings is 1. The van der Waals surface area contributed by atoms with E-state index in [1.807, 2.05) is 44.4 Å². The molecule has 0 amide bonds. The molecular weight excluding hydrogens is 360 g/mol. The average molecular weight is 380 g/mol. The van der Waals surface area contributed by atoms with Crippen molar-refractivity contribution in [2.45, 2.75) is 18.9 Å². The van der Waals surface area contributed by atoms with E-state index in [0.29, 0.717) is 28.9 Å². The van der Waals surface area contributed by atoms with Gasteiger partial charge in [-0.1, -0.05) is 30.3 Å². The van der Waals surface area contributed by atoms with Crippen LogP contribution in [0, 0.1) is 10.1 Å². The van der Waals surface area contributed by atoms with Gasteiger partial charge in [0.05, 0.1) is 4.92 Å². The monoisotopic (exact) mass is 380 g/mol. The average Bonchev–Trinajstić information content (AvgIpc) is 3.37. The minimum Gasteiger partial charge on any atom is -0.345 e. The second-order valence-electron chi connectivity index (χ2n) is 6.84. The second kappa shape index (κ2) is 7.26. The highest BCUT2D eigenvalue weighted by Gasteiger charge is 2.33. The minimum absolute atomic E-state index is 0.0154. The fraction of sp³-hybridized carbons (Fsp3) is 0.316. The van der Waals surface area contributed by atoms with Gasteiger partial charge in [-0.2, -0.15) is 4.98 Å². The molecule has 0 saturated carbocycles. The summed E-state index contributed by atoms with van der Waals surface area (Å²) in [5.41, 5.74) is 1.05. The standard InChI is InChI=1S/C19H20N6O3/c1-23(2)19-21-18(28-22-19)15-9-6-12-24(15)16-11-10-14(25(26)27)17(20-16)13-7-4-3-5-8-13/h3-5,7-8,10-11,15H,6,9,12H2,1-2H3/t15-/m0/s1. The molecule has 1 aliphatic heterocycles. The molecule has 0 unspecified atom stereocenters. The Morgan fingerprint density at radius 1 is 1.18 bits per heavy atom. The Bertz CT molecular complexity index is 988. The molecule has 3 aromatic rings. The van der Waals surface area contributed by atoms with Crippen molar-refractivity contribution in [3.8, 4) is 11.3 Å². The molecule has 28 heavy (non-hydrogen) atoms. The molecule has 1 aliphatic rings. The van der Waals surface area contributed by atoms with Gasteiger partial charge in [-0.05, 0) is 24.1 Å². The number of nitrogens with zero attached hydrogens (tertiary/aromatic N) is 6. The smallest absolute Gasteiger partial charge is 0.295 e. The number of hydrogen-bond acceptors (Lipinski definition) is 8. The van der Waals surface area contributed by atoms with Crippen LogP contribution in [0.1, 0.15) is 24.8 Å². The molecule has 4 rings (SSSR count). The molecule has 9 heteroatoms. The van der Waals surface area contributed by atoms with Crippen LogP contribution in [-0.2, 0) is 0 Å². The first-order valence-corrected chi connectivity index (χ1v) is 9.03. The van der Waals surface area contributed by atoms with E-state index in [2.05, 4.69) is 20.0 Å². The molecule has 144 valence electrons. The zero-order valence-electron chi connectivity index (χ0n) is 15.6. The van der Waals surface area contributed by atoms with Gasteiger partial charge in [0.2, 0.25) is 0 Å². The topological polar surface area (TPSA) is 101 Å². The van der Waals surface area contributed by atoms with Gasteiger partial charge in [0.1, 0.15) is 11.9 Å². The highest BCUT2D eigenvalue weighted by Crippen LogP contribution is 2.37. The van der Waals surface area contributed by atoms with E-state index in [-0.39, 0.29) is 11.7 Å². The lowest BCUT2D eigenvalue weighted by atomic mass is 10.1. The van der Waals surface area contributed by atoms with Gasteiger partial charge in [-0.25, -0.2) is 4.98 Å². The predicted octanol–water partition coefficient (Wildman–Crippen LogP) is 3.45. The molecule has 1 aromatic carbocycles. The molecule has 0 radical (unpaired) electrons. The lowest BCUT2D eigenvalue weighted by Gasteiger charge is -2.23. The lowest BCUT2D eigenvalue weighted by molar-refractivity contribution is -0.384. The summed E-state index contributed by atoms with van der Waals surface area (Å²) < 4.78 is 5.46. The van der Waals surface area contributed by atoms with Crippen molar-refractivity contribution in [1.29, 1.82) is 0 Å². The van der Waals surface area contributed by atoms with Crippen LogP contribution in [0.4, 0.5) is 17.5 Å². The molecule has 1 atom stereocenters. The largest absolute Gasteiger partial charge is 0.345 e. The van der Waals surface area contributed by atoms with E-state index in [0.717, 1.165) is 19.4 Å². The summed E-state index contributed by atoms with van der Waals surface area (Å²) in [6.45, 7) is 0.767. The molecular formula is C19H20N6O3. The number of nitro groups is 1. The normalized spacial score (nSPS) is 16.4. The summed E-state index contributed by atoms with van der Waals surface area (Å²) in [5, 5.41) is 15.5. The van der Waals surface area contributed by atoms with Gasteiger partial charge in [0.15, 0.2) is 5.69 Å². The first-order valence-electron chi connectivity index (χ1n) is 9.03. The first-order chi connectivity index (χ1) is 13.5. The third kappa shape index (κ3) is 3.26. The zero-order valence-corrected chi connectivity index (χ0v) is 15.6. The molecule has 0 bridgehead atoms. The summed E-state index contributed by atoms with van der Waals surface area (Å²) in [4.78, 5) is 24.1. The molecule has 0 spiro atoms. The zero-order chi connectivity index (χ0) is 19.7. The van der Waals surface area contributed by atoms with Crippen LogP contribution in [0.2, 0.25) is 0 Å². The summed E-state index contributed by atoms with van der Waals surface area (Å²) in [6, 6.07) is 12.3. The Kier molecular flexibility index (Phi) is 4.64. The van der Waals surface area contributed by atoms with E-state index in [9.17, 15) is 10.1 Å². The Morgan fingerprint density at radius 3 is 2.64 bits per heavy atom. The molecule has 1 fully saturated rings. The van der Waals surface area contributed by atoms with Crippen LogP contribution in [0.5, 0.6) is 0 Å². The number of rotatable bonds is 5. The Morgan fingerprint density at radius 2 is 1.96 bits per heavy atom. The third-order valence-corrected chi connectivity index (χ3v) is 4.77. The molecule has 1 saturated heterocycles. The van der Waals surface area contributed by atoms with Gasteiger partial charge in [0.25, 0.3) is 17.5 Å². The summed E-state index contributed by atoms with van der Waals surface area (Å²) in [7, 11) is 3.70. The number of anilines is 2. The van der Waals surface area contributed by atoms with Crippen molar-refractivity contribution in [1.82, 2.24) is 15.1 Å². The molecule has 0 aliphatic carbocycles. The summed E-state index contributed by atoms with van der Waals surface area (Å²) in [5.74, 6) is 1.71. The van der Waals surface area contributed by atoms with Crippen molar-refractivity contribution < 1.29 is 9.45 Å². The maximum Gasteiger partial charge on any atom is 0.295 e. The van der Waals surface area contributed by atoms with Crippen molar-refractivity contribution in [2.24, 2.45) is 0 Å². The second-order valence-corrected chi connectivity index (χ2v) is 6.84. The molecule has 3 heterocycles. The van der Waals surface area contributed by atoms with Crippen LogP contribution in [0.25, 0.3) is 11.3 Å². The minimum atomic E-state index is -0.401. The van der Waals surface area contributed by atoms with Crippen molar-refractivity contribution in [3.05, 3.63) is 58.5 Å². The summed E-state index contributed by atoms with van der Waals surface area (Å²) >= 11 is 0. The maximum absolute atomic E-state index is 11.5. The van der Waals surface area contributed by atoms with E-state index in [4.69, 9.17) is 4.52 Å². The quantitative estimate of drug-likeness (QED) is 0.490. The first kappa shape index (κ1) is 17.9. The van der Waals surface area contributed by atoms with Gasteiger partial charge >= 0.3 is 0 Å². The fourth-order valence-corrected chi connectivity index (χ4v) is 3.40. The Balaban J connectivity index is 1.72. The summed E-state index contributed by atoms with van der Waals surface area (Å²) in [6.07, 6.45) is 1.80. The van der Waals surface area contributed by atoms with Crippen molar-refractivity contribution in [3.63, 3.8) is 0 Å². The maximum atomic E-state index is 11.5. The van der Waals surface area contributed by atoms with Crippen LogP contribution < -0.4 is 9.80 Å². The van der Waals surface area contributed by atoms with Gasteiger partial charge in [0, 0.05) is 32.3 Å². The van der Waals surface area contributed by atoms with Crippen molar-refractivity contribution in [2.75, 3.05) is 30.4 Å². The number of aromatic nitrogens is 3. The van der Waals surface area contributed by atoms with E-state index in [1.165, 1.54) is 6.07 Å². The number of hydrogen-bond donors (Lipinski definition) is 0. The van der Waals surface area contributed by atoms with Crippen LogP contribution in [0.3, 0.4) is 0 Å². The predicted molar refractivity (Wildman–Crippen MR) is 104 cm³/mol. The SMILES string of the molecule is CN(C)c1noc([C@@H]2CCCN2c2ccc([N+](=O)[O-])c(-c3ccccc3)n2)n1. The molecule has 9 nitrogen and oxygen atoms in total. The number of pyridine rings is 1. The highest BCUT2D eigenvalue weighted by atomic mass is 16.6. The van der Waals surface area contributed by atoms with E-state index in [1.54, 1.807) is 11.0 Å². The van der Waals surface area contributed by atoms with Gasteiger partial charge < -0.3 is 14.3 Å². The lowest BCUT2D eigenvalue weighted by Crippen LogP contribution is -2.24. The van der Waals surface area contributed by atoms with E-state index >= 15 is 0 Å². The Labute approximate surface area is 161 Å². The third-order valence-electron chi connectivity index (χ3n) is 4.77. The van der Waals surface area contributed by atoms with Crippen LogP contribution in [0.15, 0.2) is 47.0 Å². The van der Waals surface area contributed by atoms with Gasteiger partial charge in [-0.15, -0.1) is 0 Å². The Hall–Kier alpha value is -3.49. The van der Waals surface area contributed by atoms with Crippen LogP contribution in [-0.4, -0.2) is 40.7 Å². The van der Waals surface area contributed by atoms with E-state index < -0.39 is 4.92 Å². The fourth-order valence-electron chi connectivity index (χ4n) is 3.40. The van der Waals surface area contributed by atoms with Crippen LogP contribution >= 0.6 is 0 Å².